The fourth-order valence-electron chi connectivity index (χ4n) is 2.68. The zero-order valence-electron chi connectivity index (χ0n) is 9.57. The topological polar surface area (TPSA) is 55.6 Å². The van der Waals surface area contributed by atoms with Crippen LogP contribution in [0.2, 0.25) is 0 Å². The zero-order chi connectivity index (χ0) is 11.8. The Labute approximate surface area is 101 Å². The Morgan fingerprint density at radius 1 is 1.44 bits per heavy atom. The predicted octanol–water partition coefficient (Wildman–Crippen LogP) is 0.548. The second-order valence-electron chi connectivity index (χ2n) is 4.86. The molecular formula is C11H18N2O2S. The fraction of sp³-hybridized carbons (Fsp3) is 0.818. The number of morpholine rings is 1. The summed E-state index contributed by atoms with van der Waals surface area (Å²) in [4.78, 5) is 14.6. The second-order valence-corrected chi connectivity index (χ2v) is 5.30. The Bertz CT molecular complexity index is 307. The minimum atomic E-state index is -0.550. The molecule has 5 heteroatoms. The van der Waals surface area contributed by atoms with Crippen LogP contribution in [0.4, 0.5) is 0 Å². The number of carbonyl (C=O) groups excluding carboxylic acids is 1. The highest BCUT2D eigenvalue weighted by Crippen LogP contribution is 2.47. The molecule has 90 valence electrons. The highest BCUT2D eigenvalue weighted by Gasteiger charge is 2.52. The van der Waals surface area contributed by atoms with Gasteiger partial charge in [0.05, 0.1) is 23.6 Å². The standard InChI is InChI=1S/C11H18N2O2S/c1-8-6-11(7-8,9(12)16)10(14)13-2-4-15-5-3-13/h8H,2-7H2,1H3,(H2,12,16). The van der Waals surface area contributed by atoms with Gasteiger partial charge in [-0.3, -0.25) is 4.79 Å². The fourth-order valence-corrected chi connectivity index (χ4v) is 2.93. The van der Waals surface area contributed by atoms with Gasteiger partial charge in [-0.2, -0.15) is 0 Å². The summed E-state index contributed by atoms with van der Waals surface area (Å²) in [5, 5.41) is 0. The van der Waals surface area contributed by atoms with Gasteiger partial charge >= 0.3 is 0 Å². The molecule has 2 aliphatic rings. The van der Waals surface area contributed by atoms with E-state index in [1.54, 1.807) is 0 Å². The van der Waals surface area contributed by atoms with Gasteiger partial charge in [0, 0.05) is 13.1 Å². The monoisotopic (exact) mass is 242 g/mol. The molecule has 1 aliphatic carbocycles. The molecule has 0 aromatic carbocycles. The van der Waals surface area contributed by atoms with Gasteiger partial charge in [-0.15, -0.1) is 0 Å². The third-order valence-corrected chi connectivity index (χ3v) is 3.96. The highest BCUT2D eigenvalue weighted by atomic mass is 32.1. The Morgan fingerprint density at radius 2 is 2.00 bits per heavy atom. The van der Waals surface area contributed by atoms with E-state index in [1.165, 1.54) is 0 Å². The van der Waals surface area contributed by atoms with Crippen LogP contribution in [0.3, 0.4) is 0 Å². The van der Waals surface area contributed by atoms with E-state index in [2.05, 4.69) is 6.92 Å². The molecule has 0 atom stereocenters. The molecule has 1 saturated carbocycles. The molecule has 0 radical (unpaired) electrons. The van der Waals surface area contributed by atoms with Crippen molar-refractivity contribution >= 4 is 23.1 Å². The molecule has 2 fully saturated rings. The minimum absolute atomic E-state index is 0.112. The summed E-state index contributed by atoms with van der Waals surface area (Å²) < 4.78 is 5.24. The smallest absolute Gasteiger partial charge is 0.235 e. The molecule has 1 aliphatic heterocycles. The van der Waals surface area contributed by atoms with Crippen molar-refractivity contribution in [1.29, 1.82) is 0 Å². The zero-order valence-corrected chi connectivity index (χ0v) is 10.4. The number of carbonyl (C=O) groups is 1. The van der Waals surface area contributed by atoms with Crippen molar-refractivity contribution in [2.24, 2.45) is 17.1 Å². The quantitative estimate of drug-likeness (QED) is 0.718. The van der Waals surface area contributed by atoms with Gasteiger partial charge in [-0.1, -0.05) is 19.1 Å². The third-order valence-electron chi connectivity index (χ3n) is 3.57. The van der Waals surface area contributed by atoms with Crippen LogP contribution in [0.15, 0.2) is 0 Å². The number of hydrogen-bond donors (Lipinski definition) is 1. The molecule has 0 aromatic heterocycles. The van der Waals surface area contributed by atoms with Crippen molar-refractivity contribution in [2.45, 2.75) is 19.8 Å². The van der Waals surface area contributed by atoms with Crippen molar-refractivity contribution in [3.8, 4) is 0 Å². The SMILES string of the molecule is CC1CC(C(=O)N2CCOCC2)(C(N)=S)C1. The number of ether oxygens (including phenoxy) is 1. The normalized spacial score (nSPS) is 34.3. The Balaban J connectivity index is 2.09. The van der Waals surface area contributed by atoms with E-state index in [0.29, 0.717) is 37.2 Å². The number of thiocarbonyl (C=S) groups is 1. The number of hydrogen-bond acceptors (Lipinski definition) is 3. The Hall–Kier alpha value is -0.680. The van der Waals surface area contributed by atoms with Gasteiger partial charge in [0.2, 0.25) is 5.91 Å². The Morgan fingerprint density at radius 3 is 2.44 bits per heavy atom. The van der Waals surface area contributed by atoms with Crippen molar-refractivity contribution in [1.82, 2.24) is 4.90 Å². The van der Waals surface area contributed by atoms with E-state index in [4.69, 9.17) is 22.7 Å². The third kappa shape index (κ3) is 1.82. The van der Waals surface area contributed by atoms with Crippen molar-refractivity contribution in [3.63, 3.8) is 0 Å². The summed E-state index contributed by atoms with van der Waals surface area (Å²) in [5.41, 5.74) is 5.21. The molecule has 0 unspecified atom stereocenters. The molecule has 0 bridgehead atoms. The molecule has 1 heterocycles. The first kappa shape index (κ1) is 11.8. The van der Waals surface area contributed by atoms with Crippen LogP contribution in [0.5, 0.6) is 0 Å². The van der Waals surface area contributed by atoms with Crippen molar-refractivity contribution in [2.75, 3.05) is 26.3 Å². The van der Waals surface area contributed by atoms with E-state index in [1.807, 2.05) is 4.90 Å². The summed E-state index contributed by atoms with van der Waals surface area (Å²) in [7, 11) is 0. The van der Waals surface area contributed by atoms with Crippen molar-refractivity contribution in [3.05, 3.63) is 0 Å². The lowest BCUT2D eigenvalue weighted by molar-refractivity contribution is -0.148. The lowest BCUT2D eigenvalue weighted by Gasteiger charge is -2.47. The molecule has 0 aromatic rings. The van der Waals surface area contributed by atoms with E-state index in [0.717, 1.165) is 12.8 Å². The van der Waals surface area contributed by atoms with Crippen LogP contribution < -0.4 is 5.73 Å². The van der Waals surface area contributed by atoms with Gasteiger partial charge in [0.15, 0.2) is 0 Å². The average molecular weight is 242 g/mol. The summed E-state index contributed by atoms with van der Waals surface area (Å²) in [5.74, 6) is 0.660. The van der Waals surface area contributed by atoms with Gasteiger partial charge in [-0.05, 0) is 18.8 Å². The number of nitrogens with zero attached hydrogens (tertiary/aromatic N) is 1. The van der Waals surface area contributed by atoms with Gasteiger partial charge < -0.3 is 15.4 Å². The summed E-state index contributed by atoms with van der Waals surface area (Å²) >= 11 is 5.08. The van der Waals surface area contributed by atoms with Crippen LogP contribution in [0.1, 0.15) is 19.8 Å². The van der Waals surface area contributed by atoms with E-state index >= 15 is 0 Å². The average Bonchev–Trinajstić information content (AvgIpc) is 2.24. The van der Waals surface area contributed by atoms with E-state index in [-0.39, 0.29) is 5.91 Å². The number of amides is 1. The molecule has 16 heavy (non-hydrogen) atoms. The first-order valence-corrected chi connectivity index (χ1v) is 6.14. The molecule has 4 nitrogen and oxygen atoms in total. The summed E-state index contributed by atoms with van der Waals surface area (Å²) in [6.07, 6.45) is 1.61. The first-order chi connectivity index (χ1) is 7.56. The molecule has 2 rings (SSSR count). The van der Waals surface area contributed by atoms with Gasteiger partial charge in [0.1, 0.15) is 0 Å². The summed E-state index contributed by atoms with van der Waals surface area (Å²) in [6, 6.07) is 0. The van der Waals surface area contributed by atoms with Gasteiger partial charge in [0.25, 0.3) is 0 Å². The Kier molecular flexibility index (Phi) is 3.17. The first-order valence-electron chi connectivity index (χ1n) is 5.73. The number of nitrogens with two attached hydrogens (primary N) is 1. The maximum absolute atomic E-state index is 12.4. The second kappa shape index (κ2) is 4.30. The maximum atomic E-state index is 12.4. The van der Waals surface area contributed by atoms with Crippen LogP contribution in [0, 0.1) is 11.3 Å². The highest BCUT2D eigenvalue weighted by molar-refractivity contribution is 7.80. The molecule has 2 N–H and O–H groups in total. The van der Waals surface area contributed by atoms with E-state index in [9.17, 15) is 4.79 Å². The van der Waals surface area contributed by atoms with E-state index < -0.39 is 5.41 Å². The molecule has 0 spiro atoms. The largest absolute Gasteiger partial charge is 0.392 e. The number of rotatable bonds is 2. The lowest BCUT2D eigenvalue weighted by atomic mass is 9.61. The summed E-state index contributed by atoms with van der Waals surface area (Å²) in [6.45, 7) is 4.70. The maximum Gasteiger partial charge on any atom is 0.235 e. The van der Waals surface area contributed by atoms with Crippen LogP contribution >= 0.6 is 12.2 Å². The van der Waals surface area contributed by atoms with Crippen LogP contribution in [0.25, 0.3) is 0 Å². The molecule has 1 amide bonds. The van der Waals surface area contributed by atoms with Crippen molar-refractivity contribution < 1.29 is 9.53 Å². The molecular weight excluding hydrogens is 224 g/mol. The molecule has 1 saturated heterocycles. The van der Waals surface area contributed by atoms with Gasteiger partial charge in [-0.25, -0.2) is 0 Å². The van der Waals surface area contributed by atoms with Crippen LogP contribution in [-0.2, 0) is 9.53 Å². The minimum Gasteiger partial charge on any atom is -0.392 e. The van der Waals surface area contributed by atoms with Crippen LogP contribution in [-0.4, -0.2) is 42.1 Å². The predicted molar refractivity (Wildman–Crippen MR) is 65.0 cm³/mol. The lowest BCUT2D eigenvalue weighted by Crippen LogP contribution is -2.58.